The van der Waals surface area contributed by atoms with E-state index in [1.54, 1.807) is 12.1 Å². The first-order chi connectivity index (χ1) is 12.0. The lowest BCUT2D eigenvalue weighted by Crippen LogP contribution is -2.26. The van der Waals surface area contributed by atoms with Gasteiger partial charge < -0.3 is 5.11 Å². The summed E-state index contributed by atoms with van der Waals surface area (Å²) in [5.74, 6) is -0.226. The molecule has 142 valence electrons. The van der Waals surface area contributed by atoms with Gasteiger partial charge in [-0.25, -0.2) is 26.7 Å². The third kappa shape index (κ3) is 4.82. The molecule has 2 aromatic rings. The van der Waals surface area contributed by atoms with E-state index in [2.05, 4.69) is 4.72 Å². The van der Waals surface area contributed by atoms with Gasteiger partial charge in [0.25, 0.3) is 0 Å². The number of aromatic hydroxyl groups is 1. The fourth-order valence-corrected chi connectivity index (χ4v) is 4.45. The van der Waals surface area contributed by atoms with Gasteiger partial charge in [0.15, 0.2) is 0 Å². The van der Waals surface area contributed by atoms with Crippen molar-refractivity contribution < 1.29 is 21.9 Å². The molecule has 0 aromatic heterocycles. The molecule has 0 amide bonds. The van der Waals surface area contributed by atoms with Gasteiger partial charge in [0.2, 0.25) is 20.0 Å². The van der Waals surface area contributed by atoms with Gasteiger partial charge in [-0.3, -0.25) is 0 Å². The molecular formula is C17H22N2O5S2. The van der Waals surface area contributed by atoms with E-state index in [0.717, 1.165) is 5.56 Å². The zero-order valence-corrected chi connectivity index (χ0v) is 16.1. The summed E-state index contributed by atoms with van der Waals surface area (Å²) in [6.45, 7) is 3.82. The van der Waals surface area contributed by atoms with Crippen LogP contribution in [0.2, 0.25) is 0 Å². The molecule has 2 rings (SSSR count). The minimum Gasteiger partial charge on any atom is -0.507 e. The van der Waals surface area contributed by atoms with Crippen molar-refractivity contribution in [2.45, 2.75) is 36.0 Å². The highest BCUT2D eigenvalue weighted by Gasteiger charge is 2.19. The number of phenols is 1. The summed E-state index contributed by atoms with van der Waals surface area (Å²) in [6, 6.07) is 10.5. The summed E-state index contributed by atoms with van der Waals surface area (Å²) >= 11 is 0. The molecule has 0 spiro atoms. The Morgan fingerprint density at radius 1 is 1.04 bits per heavy atom. The van der Waals surface area contributed by atoms with Crippen molar-refractivity contribution in [1.29, 1.82) is 0 Å². The molecule has 2 aromatic carbocycles. The molecule has 0 atom stereocenters. The number of nitrogens with two attached hydrogens (primary N) is 1. The normalized spacial score (nSPS) is 12.5. The Labute approximate surface area is 154 Å². The Morgan fingerprint density at radius 3 is 2.27 bits per heavy atom. The lowest BCUT2D eigenvalue weighted by Gasteiger charge is -2.13. The Kier molecular flexibility index (Phi) is 6.07. The van der Waals surface area contributed by atoms with Crippen LogP contribution in [0.15, 0.2) is 52.3 Å². The van der Waals surface area contributed by atoms with Crippen molar-refractivity contribution in [3.8, 4) is 5.75 Å². The molecule has 0 fully saturated rings. The molecule has 26 heavy (non-hydrogen) atoms. The standard InChI is InChI=1S/C17H22N2O5S2/c1-12(2)14-8-7-13(17(11-14)25(18,21)22)9-10-19-26(23,24)16-6-4-3-5-15(16)20/h3-8,11-12,19-20H,9-10H2,1-2H3,(H2,18,21,22). The average Bonchev–Trinajstić information content (AvgIpc) is 2.54. The molecule has 0 saturated heterocycles. The Bertz CT molecular complexity index is 1000. The van der Waals surface area contributed by atoms with Crippen LogP contribution in [0.5, 0.6) is 5.75 Å². The van der Waals surface area contributed by atoms with Gasteiger partial charge in [0, 0.05) is 6.54 Å². The van der Waals surface area contributed by atoms with Crippen LogP contribution in [0, 0.1) is 0 Å². The second-order valence-electron chi connectivity index (χ2n) is 6.18. The van der Waals surface area contributed by atoms with Gasteiger partial charge in [0.05, 0.1) is 4.90 Å². The van der Waals surface area contributed by atoms with Gasteiger partial charge in [-0.2, -0.15) is 0 Å². The predicted molar refractivity (Wildman–Crippen MR) is 98.9 cm³/mol. The van der Waals surface area contributed by atoms with Crippen molar-refractivity contribution in [2.75, 3.05) is 6.54 Å². The molecule has 0 saturated carbocycles. The molecule has 7 nitrogen and oxygen atoms in total. The number of sulfonamides is 2. The summed E-state index contributed by atoms with van der Waals surface area (Å²) in [6.07, 6.45) is 0.136. The fraction of sp³-hybridized carbons (Fsp3) is 0.294. The molecule has 0 aliphatic heterocycles. The number of rotatable bonds is 7. The van der Waals surface area contributed by atoms with Crippen molar-refractivity contribution in [3.05, 3.63) is 53.6 Å². The highest BCUT2D eigenvalue weighted by atomic mass is 32.2. The van der Waals surface area contributed by atoms with Crippen molar-refractivity contribution >= 4 is 20.0 Å². The van der Waals surface area contributed by atoms with E-state index < -0.39 is 20.0 Å². The van der Waals surface area contributed by atoms with E-state index in [1.165, 1.54) is 30.3 Å². The summed E-state index contributed by atoms with van der Waals surface area (Å²) < 4.78 is 50.6. The van der Waals surface area contributed by atoms with Crippen LogP contribution in [-0.4, -0.2) is 28.5 Å². The van der Waals surface area contributed by atoms with Crippen molar-refractivity contribution in [1.82, 2.24) is 4.72 Å². The van der Waals surface area contributed by atoms with Crippen molar-refractivity contribution in [2.24, 2.45) is 5.14 Å². The quantitative estimate of drug-likeness (QED) is 0.654. The minimum absolute atomic E-state index is 0.00884. The number of hydrogen-bond donors (Lipinski definition) is 3. The highest BCUT2D eigenvalue weighted by molar-refractivity contribution is 7.89. The molecule has 0 radical (unpaired) electrons. The number of phenolic OH excluding ortho intramolecular Hbond substituents is 1. The summed E-state index contributed by atoms with van der Waals surface area (Å²) in [5, 5.41) is 15.0. The van der Waals surface area contributed by atoms with Gasteiger partial charge in [0.1, 0.15) is 10.6 Å². The van der Waals surface area contributed by atoms with Gasteiger partial charge >= 0.3 is 0 Å². The van der Waals surface area contributed by atoms with Gasteiger partial charge in [-0.05, 0) is 41.7 Å². The monoisotopic (exact) mass is 398 g/mol. The first-order valence-corrected chi connectivity index (χ1v) is 11.0. The summed E-state index contributed by atoms with van der Waals surface area (Å²) in [7, 11) is -7.84. The smallest absolute Gasteiger partial charge is 0.244 e. The second kappa shape index (κ2) is 7.75. The number of hydrogen-bond acceptors (Lipinski definition) is 5. The predicted octanol–water partition coefficient (Wildman–Crippen LogP) is 1.68. The Hall–Kier alpha value is -1.94. The van der Waals surface area contributed by atoms with E-state index in [4.69, 9.17) is 5.14 Å². The first-order valence-electron chi connectivity index (χ1n) is 7.95. The molecule has 0 aliphatic carbocycles. The topological polar surface area (TPSA) is 127 Å². The first kappa shape index (κ1) is 20.4. The summed E-state index contributed by atoms with van der Waals surface area (Å²) in [5.41, 5.74) is 1.25. The highest BCUT2D eigenvalue weighted by Crippen LogP contribution is 2.23. The SMILES string of the molecule is CC(C)c1ccc(CCNS(=O)(=O)c2ccccc2O)c(S(N)(=O)=O)c1. The lowest BCUT2D eigenvalue weighted by atomic mass is 10.0. The van der Waals surface area contributed by atoms with E-state index >= 15 is 0 Å². The van der Waals surface area contributed by atoms with E-state index in [0.29, 0.717) is 5.56 Å². The maximum absolute atomic E-state index is 12.3. The van der Waals surface area contributed by atoms with Crippen LogP contribution in [0.25, 0.3) is 0 Å². The molecule has 0 unspecified atom stereocenters. The van der Waals surface area contributed by atoms with Crippen LogP contribution in [0.1, 0.15) is 30.9 Å². The second-order valence-corrected chi connectivity index (χ2v) is 9.45. The van der Waals surface area contributed by atoms with Crippen LogP contribution >= 0.6 is 0 Å². The molecule has 0 bridgehead atoms. The van der Waals surface area contributed by atoms with Crippen LogP contribution in [-0.2, 0) is 26.5 Å². The molecule has 4 N–H and O–H groups in total. The zero-order valence-electron chi connectivity index (χ0n) is 14.5. The van der Waals surface area contributed by atoms with Gasteiger partial charge in [-0.15, -0.1) is 0 Å². The third-order valence-corrected chi connectivity index (χ3v) is 6.41. The molecule has 9 heteroatoms. The lowest BCUT2D eigenvalue weighted by molar-refractivity contribution is 0.458. The maximum Gasteiger partial charge on any atom is 0.244 e. The maximum atomic E-state index is 12.3. The fourth-order valence-electron chi connectivity index (χ4n) is 2.48. The summed E-state index contributed by atoms with van der Waals surface area (Å²) in [4.78, 5) is -0.243. The van der Waals surface area contributed by atoms with Crippen LogP contribution < -0.4 is 9.86 Å². The van der Waals surface area contributed by atoms with Crippen molar-refractivity contribution in [3.63, 3.8) is 0 Å². The van der Waals surface area contributed by atoms with E-state index in [-0.39, 0.29) is 34.4 Å². The number of nitrogens with one attached hydrogen (secondary N) is 1. The number of benzene rings is 2. The molecule has 0 heterocycles. The number of para-hydroxylation sites is 1. The largest absolute Gasteiger partial charge is 0.507 e. The Balaban J connectivity index is 2.21. The van der Waals surface area contributed by atoms with Crippen LogP contribution in [0.3, 0.4) is 0 Å². The third-order valence-electron chi connectivity index (χ3n) is 3.91. The zero-order chi connectivity index (χ0) is 19.5. The van der Waals surface area contributed by atoms with E-state index in [1.807, 2.05) is 13.8 Å². The van der Waals surface area contributed by atoms with Crippen LogP contribution in [0.4, 0.5) is 0 Å². The average molecular weight is 399 g/mol. The minimum atomic E-state index is -3.93. The Morgan fingerprint density at radius 2 is 1.69 bits per heavy atom. The number of primary sulfonamides is 1. The molecular weight excluding hydrogens is 376 g/mol. The molecule has 0 aliphatic rings. The van der Waals surface area contributed by atoms with Gasteiger partial charge in [-0.1, -0.05) is 38.1 Å². The van der Waals surface area contributed by atoms with E-state index in [9.17, 15) is 21.9 Å².